The van der Waals surface area contributed by atoms with Gasteiger partial charge in [-0.15, -0.1) is 0 Å². The van der Waals surface area contributed by atoms with E-state index in [2.05, 4.69) is 58.4 Å². The summed E-state index contributed by atoms with van der Waals surface area (Å²) in [6.45, 7) is 2.36. The van der Waals surface area contributed by atoms with E-state index >= 15 is 0 Å². The first kappa shape index (κ1) is 11.7. The lowest BCUT2D eigenvalue weighted by molar-refractivity contribution is -0.310. The van der Waals surface area contributed by atoms with Gasteiger partial charge in [-0.05, 0) is 31.4 Å². The van der Waals surface area contributed by atoms with Crippen molar-refractivity contribution >= 4 is 27.5 Å². The highest BCUT2D eigenvalue weighted by molar-refractivity contribution is 6.05. The summed E-state index contributed by atoms with van der Waals surface area (Å²) in [5.74, 6) is 0. The minimum Gasteiger partial charge on any atom is -0.370 e. The van der Waals surface area contributed by atoms with Crippen molar-refractivity contribution < 1.29 is 4.98 Å². The van der Waals surface area contributed by atoms with Crippen LogP contribution in [-0.2, 0) is 0 Å². The number of piperidine rings is 1. The van der Waals surface area contributed by atoms with Crippen LogP contribution in [-0.4, -0.2) is 13.1 Å². The molecule has 1 aromatic heterocycles. The lowest BCUT2D eigenvalue weighted by Gasteiger charge is -2.30. The van der Waals surface area contributed by atoms with Gasteiger partial charge in [0.25, 0.3) is 0 Å². The molecule has 1 fully saturated rings. The Morgan fingerprint density at radius 3 is 1.85 bits per heavy atom. The van der Waals surface area contributed by atoms with E-state index in [4.69, 9.17) is 0 Å². The first-order valence-corrected chi connectivity index (χ1v) is 7.51. The lowest BCUT2D eigenvalue weighted by atomic mass is 10.0. The summed E-state index contributed by atoms with van der Waals surface area (Å²) < 4.78 is 0. The molecular formula is C18H19N2+. The molecule has 20 heavy (non-hydrogen) atoms. The second-order valence-electron chi connectivity index (χ2n) is 5.61. The molecule has 0 radical (unpaired) electrons. The Morgan fingerprint density at radius 1 is 0.700 bits per heavy atom. The van der Waals surface area contributed by atoms with Crippen LogP contribution in [0.2, 0.25) is 0 Å². The fraction of sp³-hybridized carbons (Fsp3) is 0.278. The van der Waals surface area contributed by atoms with Crippen molar-refractivity contribution in [1.29, 1.82) is 0 Å². The molecule has 0 bridgehead atoms. The van der Waals surface area contributed by atoms with Crippen LogP contribution in [0.1, 0.15) is 19.3 Å². The van der Waals surface area contributed by atoms with Crippen molar-refractivity contribution in [3.05, 3.63) is 48.5 Å². The normalized spacial score (nSPS) is 15.9. The molecule has 2 aromatic carbocycles. The van der Waals surface area contributed by atoms with Gasteiger partial charge < -0.3 is 4.90 Å². The predicted molar refractivity (Wildman–Crippen MR) is 84.1 cm³/mol. The molecule has 0 spiro atoms. The molecular weight excluding hydrogens is 244 g/mol. The van der Waals surface area contributed by atoms with Gasteiger partial charge in [0.2, 0.25) is 11.0 Å². The van der Waals surface area contributed by atoms with Crippen molar-refractivity contribution in [3.63, 3.8) is 0 Å². The molecule has 0 unspecified atom stereocenters. The van der Waals surface area contributed by atoms with Crippen LogP contribution in [0.25, 0.3) is 21.8 Å². The molecule has 1 aliphatic rings. The molecule has 1 saturated heterocycles. The minimum absolute atomic E-state index is 1.18. The van der Waals surface area contributed by atoms with E-state index < -0.39 is 0 Å². The molecule has 4 rings (SSSR count). The van der Waals surface area contributed by atoms with Gasteiger partial charge in [-0.1, -0.05) is 24.3 Å². The van der Waals surface area contributed by atoms with Gasteiger partial charge in [0.15, 0.2) is 0 Å². The fourth-order valence-corrected chi connectivity index (χ4v) is 3.35. The summed E-state index contributed by atoms with van der Waals surface area (Å²) in [5, 5.41) is 2.68. The Hall–Kier alpha value is -2.09. The highest BCUT2D eigenvalue weighted by Gasteiger charge is 2.20. The van der Waals surface area contributed by atoms with Crippen LogP contribution in [0.15, 0.2) is 48.5 Å². The number of hydrogen-bond donors (Lipinski definition) is 0. The topological polar surface area (TPSA) is 17.4 Å². The van der Waals surface area contributed by atoms with Crippen LogP contribution < -0.4 is 9.88 Å². The average Bonchev–Trinajstić information content (AvgIpc) is 2.53. The molecule has 0 aliphatic carbocycles. The van der Waals surface area contributed by atoms with Gasteiger partial charge in [0.05, 0.1) is 16.5 Å². The summed E-state index contributed by atoms with van der Waals surface area (Å²) in [5.41, 5.74) is 3.87. The standard InChI is InChI=1S/C18H18N2/c1-6-12-20(13-7-1)18-14-8-2-4-10-16(14)19-17-11-5-3-9-15(17)18/h2-5,8-11H,1,6-7,12-13H2/p+1. The third-order valence-electron chi connectivity index (χ3n) is 4.31. The third-order valence-corrected chi connectivity index (χ3v) is 4.31. The zero-order valence-electron chi connectivity index (χ0n) is 11.6. The summed E-state index contributed by atoms with van der Waals surface area (Å²) >= 11 is 0. The van der Waals surface area contributed by atoms with Crippen LogP contribution in [0.5, 0.6) is 0 Å². The van der Waals surface area contributed by atoms with E-state index in [9.17, 15) is 0 Å². The van der Waals surface area contributed by atoms with Crippen LogP contribution in [0.3, 0.4) is 0 Å². The number of aromatic amines is 1. The van der Waals surface area contributed by atoms with Crippen molar-refractivity contribution in [1.82, 2.24) is 0 Å². The average molecular weight is 263 g/mol. The Labute approximate surface area is 119 Å². The number of hydrogen-bond acceptors (Lipinski definition) is 1. The smallest absolute Gasteiger partial charge is 0.213 e. The molecule has 100 valence electrons. The van der Waals surface area contributed by atoms with Crippen LogP contribution in [0.4, 0.5) is 5.69 Å². The maximum atomic E-state index is 3.56. The monoisotopic (exact) mass is 263 g/mol. The molecule has 0 amide bonds. The highest BCUT2D eigenvalue weighted by atomic mass is 15.1. The molecule has 0 saturated carbocycles. The minimum atomic E-state index is 1.18. The number of fused-ring (bicyclic) bond motifs is 2. The molecule has 2 heterocycles. The Bertz CT molecular complexity index is 704. The van der Waals surface area contributed by atoms with E-state index in [-0.39, 0.29) is 0 Å². The molecule has 1 N–H and O–H groups in total. The SMILES string of the molecule is c1ccc2c(N3CCCCC3)c3ccccc3[nH+]c2c1. The largest absolute Gasteiger partial charge is 0.370 e. The number of benzene rings is 2. The fourth-order valence-electron chi connectivity index (χ4n) is 3.35. The molecule has 2 heteroatoms. The van der Waals surface area contributed by atoms with E-state index in [0.29, 0.717) is 0 Å². The zero-order chi connectivity index (χ0) is 13.4. The number of nitrogens with one attached hydrogen (secondary N) is 1. The quantitative estimate of drug-likeness (QED) is 0.610. The Balaban J connectivity index is 2.06. The number of rotatable bonds is 1. The Morgan fingerprint density at radius 2 is 1.25 bits per heavy atom. The highest BCUT2D eigenvalue weighted by Crippen LogP contribution is 2.33. The second kappa shape index (κ2) is 4.78. The number of pyridine rings is 1. The summed E-state index contributed by atoms with van der Waals surface area (Å²) in [6.07, 6.45) is 3.98. The van der Waals surface area contributed by atoms with Crippen molar-refractivity contribution in [3.8, 4) is 0 Å². The number of nitrogens with zero attached hydrogens (tertiary/aromatic N) is 1. The number of H-pyrrole nitrogens is 1. The summed E-state index contributed by atoms with van der Waals surface area (Å²) in [4.78, 5) is 6.13. The van der Waals surface area contributed by atoms with E-state index in [0.717, 1.165) is 0 Å². The van der Waals surface area contributed by atoms with Crippen LogP contribution in [0, 0.1) is 0 Å². The van der Waals surface area contributed by atoms with Gasteiger partial charge in [0, 0.05) is 25.2 Å². The maximum Gasteiger partial charge on any atom is 0.213 e. The van der Waals surface area contributed by atoms with Gasteiger partial charge in [0.1, 0.15) is 0 Å². The van der Waals surface area contributed by atoms with E-state index in [1.165, 1.54) is 59.8 Å². The first-order chi connectivity index (χ1) is 9.93. The van der Waals surface area contributed by atoms with Crippen molar-refractivity contribution in [2.75, 3.05) is 18.0 Å². The predicted octanol–water partition coefficient (Wildman–Crippen LogP) is 3.80. The Kier molecular flexibility index (Phi) is 2.80. The molecule has 3 aromatic rings. The summed E-state index contributed by atoms with van der Waals surface area (Å²) in [7, 11) is 0. The summed E-state index contributed by atoms with van der Waals surface area (Å²) in [6, 6.07) is 17.3. The van der Waals surface area contributed by atoms with Gasteiger partial charge in [-0.2, -0.15) is 0 Å². The molecule has 1 aliphatic heterocycles. The first-order valence-electron chi connectivity index (χ1n) is 7.51. The van der Waals surface area contributed by atoms with E-state index in [1.807, 2.05) is 0 Å². The van der Waals surface area contributed by atoms with Crippen molar-refractivity contribution in [2.45, 2.75) is 19.3 Å². The number of anilines is 1. The van der Waals surface area contributed by atoms with Crippen LogP contribution >= 0.6 is 0 Å². The number of para-hydroxylation sites is 2. The zero-order valence-corrected chi connectivity index (χ0v) is 11.6. The second-order valence-corrected chi connectivity index (χ2v) is 5.61. The van der Waals surface area contributed by atoms with Gasteiger partial charge in [-0.25, -0.2) is 4.98 Å². The van der Waals surface area contributed by atoms with Crippen molar-refractivity contribution in [2.24, 2.45) is 0 Å². The van der Waals surface area contributed by atoms with E-state index in [1.54, 1.807) is 0 Å². The lowest BCUT2D eigenvalue weighted by Crippen LogP contribution is -2.30. The third kappa shape index (κ3) is 1.83. The number of aromatic nitrogens is 1. The maximum absolute atomic E-state index is 3.56. The van der Waals surface area contributed by atoms with Gasteiger partial charge >= 0.3 is 0 Å². The molecule has 0 atom stereocenters. The molecule has 2 nitrogen and oxygen atoms in total. The van der Waals surface area contributed by atoms with Gasteiger partial charge in [-0.3, -0.25) is 0 Å².